The number of benzene rings is 1. The number of aryl methyl sites for hydroxylation is 1. The molecule has 0 aliphatic heterocycles. The van der Waals surface area contributed by atoms with Gasteiger partial charge in [0.25, 0.3) is 0 Å². The van der Waals surface area contributed by atoms with E-state index in [2.05, 4.69) is 69.1 Å². The standard InChI is InChI=1S/C11H8Br2S/c1-7-2-4-8(5-3-7)10-6-9(12)11(13)14-10/h2-6H,1H3. The molecule has 0 N–H and O–H groups in total. The van der Waals surface area contributed by atoms with Crippen molar-refractivity contribution < 1.29 is 0 Å². The van der Waals surface area contributed by atoms with Crippen LogP contribution in [0.15, 0.2) is 38.6 Å². The highest BCUT2D eigenvalue weighted by Gasteiger charge is 2.05. The van der Waals surface area contributed by atoms with Crippen LogP contribution in [0.5, 0.6) is 0 Å². The van der Waals surface area contributed by atoms with E-state index in [0.29, 0.717) is 0 Å². The Morgan fingerprint density at radius 3 is 2.21 bits per heavy atom. The first-order valence-electron chi connectivity index (χ1n) is 4.18. The molecular formula is C11H8Br2S. The van der Waals surface area contributed by atoms with Crippen molar-refractivity contribution in [3.8, 4) is 10.4 Å². The van der Waals surface area contributed by atoms with Gasteiger partial charge in [-0.2, -0.15) is 0 Å². The summed E-state index contributed by atoms with van der Waals surface area (Å²) < 4.78 is 2.27. The van der Waals surface area contributed by atoms with Crippen molar-refractivity contribution in [2.75, 3.05) is 0 Å². The molecule has 0 saturated heterocycles. The molecule has 0 bridgehead atoms. The maximum atomic E-state index is 3.50. The molecule has 1 aromatic carbocycles. The fraction of sp³-hybridized carbons (Fsp3) is 0.0909. The van der Waals surface area contributed by atoms with E-state index in [0.717, 1.165) is 8.26 Å². The number of hydrogen-bond acceptors (Lipinski definition) is 1. The van der Waals surface area contributed by atoms with E-state index in [1.54, 1.807) is 11.3 Å². The van der Waals surface area contributed by atoms with Crippen molar-refractivity contribution in [2.24, 2.45) is 0 Å². The topological polar surface area (TPSA) is 0 Å². The molecule has 0 aliphatic carbocycles. The second-order valence-electron chi connectivity index (χ2n) is 3.10. The first-order chi connectivity index (χ1) is 6.66. The van der Waals surface area contributed by atoms with Gasteiger partial charge in [0, 0.05) is 9.35 Å². The van der Waals surface area contributed by atoms with Gasteiger partial charge in [-0.05, 0) is 50.4 Å². The molecule has 2 aromatic rings. The first kappa shape index (κ1) is 10.4. The summed E-state index contributed by atoms with van der Waals surface area (Å²) in [4.78, 5) is 1.28. The fourth-order valence-corrected chi connectivity index (χ4v) is 3.25. The van der Waals surface area contributed by atoms with Crippen LogP contribution in [-0.2, 0) is 0 Å². The summed E-state index contributed by atoms with van der Waals surface area (Å²) in [5.74, 6) is 0. The van der Waals surface area contributed by atoms with Gasteiger partial charge in [0.1, 0.15) is 0 Å². The molecule has 0 spiro atoms. The average molecular weight is 332 g/mol. The number of rotatable bonds is 1. The predicted octanol–water partition coefficient (Wildman–Crippen LogP) is 5.25. The van der Waals surface area contributed by atoms with Gasteiger partial charge < -0.3 is 0 Å². The van der Waals surface area contributed by atoms with E-state index in [1.165, 1.54) is 16.0 Å². The van der Waals surface area contributed by atoms with E-state index in [4.69, 9.17) is 0 Å². The summed E-state index contributed by atoms with van der Waals surface area (Å²) in [7, 11) is 0. The lowest BCUT2D eigenvalue weighted by Crippen LogP contribution is -1.72. The molecule has 3 heteroatoms. The molecule has 0 fully saturated rings. The average Bonchev–Trinajstić information content (AvgIpc) is 2.48. The normalized spacial score (nSPS) is 10.5. The molecule has 1 aromatic heterocycles. The van der Waals surface area contributed by atoms with Gasteiger partial charge in [-0.1, -0.05) is 29.8 Å². The van der Waals surface area contributed by atoms with Crippen molar-refractivity contribution >= 4 is 43.2 Å². The van der Waals surface area contributed by atoms with Crippen molar-refractivity contribution in [1.29, 1.82) is 0 Å². The molecule has 0 amide bonds. The van der Waals surface area contributed by atoms with Crippen LogP contribution in [0.25, 0.3) is 10.4 Å². The predicted molar refractivity (Wildman–Crippen MR) is 69.9 cm³/mol. The van der Waals surface area contributed by atoms with Gasteiger partial charge >= 0.3 is 0 Å². The molecule has 0 atom stereocenters. The Kier molecular flexibility index (Phi) is 3.10. The molecule has 0 radical (unpaired) electrons. The Hall–Kier alpha value is -0.120. The van der Waals surface area contributed by atoms with Crippen molar-refractivity contribution in [3.63, 3.8) is 0 Å². The minimum absolute atomic E-state index is 1.12. The highest BCUT2D eigenvalue weighted by molar-refractivity contribution is 9.13. The zero-order valence-corrected chi connectivity index (χ0v) is 11.5. The Labute approximate surface area is 104 Å². The van der Waals surface area contributed by atoms with Gasteiger partial charge in [0.15, 0.2) is 0 Å². The molecule has 0 unspecified atom stereocenters. The molecule has 14 heavy (non-hydrogen) atoms. The third kappa shape index (κ3) is 2.10. The molecule has 1 heterocycles. The quantitative estimate of drug-likeness (QED) is 0.669. The molecule has 2 rings (SSSR count). The molecule has 72 valence electrons. The van der Waals surface area contributed by atoms with Crippen LogP contribution in [0, 0.1) is 6.92 Å². The fourth-order valence-electron chi connectivity index (χ4n) is 1.21. The van der Waals surface area contributed by atoms with Crippen molar-refractivity contribution in [1.82, 2.24) is 0 Å². The zero-order chi connectivity index (χ0) is 10.1. The monoisotopic (exact) mass is 330 g/mol. The Balaban J connectivity index is 2.44. The van der Waals surface area contributed by atoms with E-state index in [9.17, 15) is 0 Å². The Morgan fingerprint density at radius 2 is 1.71 bits per heavy atom. The summed E-state index contributed by atoms with van der Waals surface area (Å²) in [6, 6.07) is 10.7. The maximum Gasteiger partial charge on any atom is 0.0846 e. The van der Waals surface area contributed by atoms with Crippen molar-refractivity contribution in [3.05, 3.63) is 44.2 Å². The molecule has 0 aliphatic rings. The third-order valence-corrected chi connectivity index (χ3v) is 5.29. The SMILES string of the molecule is Cc1ccc(-c2cc(Br)c(Br)s2)cc1. The molecular weight excluding hydrogens is 324 g/mol. The van der Waals surface area contributed by atoms with Crippen LogP contribution in [0.4, 0.5) is 0 Å². The second kappa shape index (κ2) is 4.17. The Morgan fingerprint density at radius 1 is 1.07 bits per heavy atom. The smallest absolute Gasteiger partial charge is 0.0846 e. The van der Waals surface area contributed by atoms with E-state index in [1.807, 2.05) is 0 Å². The first-order valence-corrected chi connectivity index (χ1v) is 6.59. The van der Waals surface area contributed by atoms with E-state index in [-0.39, 0.29) is 0 Å². The van der Waals surface area contributed by atoms with Gasteiger partial charge in [0.2, 0.25) is 0 Å². The summed E-state index contributed by atoms with van der Waals surface area (Å²) in [6.07, 6.45) is 0. The second-order valence-corrected chi connectivity index (χ2v) is 6.32. The minimum Gasteiger partial charge on any atom is -0.127 e. The highest BCUT2D eigenvalue weighted by Crippen LogP contribution is 2.38. The summed E-state index contributed by atoms with van der Waals surface area (Å²) in [5, 5.41) is 0. The summed E-state index contributed by atoms with van der Waals surface area (Å²) >= 11 is 8.73. The largest absolute Gasteiger partial charge is 0.127 e. The number of hydrogen-bond donors (Lipinski definition) is 0. The van der Waals surface area contributed by atoms with Gasteiger partial charge in [-0.15, -0.1) is 11.3 Å². The van der Waals surface area contributed by atoms with Gasteiger partial charge in [-0.3, -0.25) is 0 Å². The molecule has 0 nitrogen and oxygen atoms in total. The lowest BCUT2D eigenvalue weighted by molar-refractivity contribution is 1.48. The van der Waals surface area contributed by atoms with Gasteiger partial charge in [-0.25, -0.2) is 0 Å². The molecule has 0 saturated carbocycles. The van der Waals surface area contributed by atoms with Crippen LogP contribution in [-0.4, -0.2) is 0 Å². The Bertz CT molecular complexity index is 423. The summed E-state index contributed by atoms with van der Waals surface area (Å²) in [6.45, 7) is 2.10. The van der Waals surface area contributed by atoms with E-state index < -0.39 is 0 Å². The lowest BCUT2D eigenvalue weighted by atomic mass is 10.1. The lowest BCUT2D eigenvalue weighted by Gasteiger charge is -1.96. The minimum atomic E-state index is 1.12. The van der Waals surface area contributed by atoms with Gasteiger partial charge in [0.05, 0.1) is 3.79 Å². The van der Waals surface area contributed by atoms with Crippen LogP contribution in [0.2, 0.25) is 0 Å². The third-order valence-electron chi connectivity index (χ3n) is 1.98. The highest BCUT2D eigenvalue weighted by atomic mass is 79.9. The maximum absolute atomic E-state index is 3.50. The van der Waals surface area contributed by atoms with Crippen LogP contribution >= 0.6 is 43.2 Å². The van der Waals surface area contributed by atoms with Crippen LogP contribution in [0.3, 0.4) is 0 Å². The van der Waals surface area contributed by atoms with Crippen molar-refractivity contribution in [2.45, 2.75) is 6.92 Å². The summed E-state index contributed by atoms with van der Waals surface area (Å²) in [5.41, 5.74) is 2.57. The number of thiophene rings is 1. The zero-order valence-electron chi connectivity index (χ0n) is 7.55. The van der Waals surface area contributed by atoms with Crippen LogP contribution < -0.4 is 0 Å². The van der Waals surface area contributed by atoms with Crippen LogP contribution in [0.1, 0.15) is 5.56 Å². The van der Waals surface area contributed by atoms with E-state index >= 15 is 0 Å². The number of halogens is 2.